The van der Waals surface area contributed by atoms with Gasteiger partial charge in [-0.25, -0.2) is 9.36 Å². The summed E-state index contributed by atoms with van der Waals surface area (Å²) in [4.78, 5) is 3.46. The van der Waals surface area contributed by atoms with Crippen molar-refractivity contribution >= 4 is 11.2 Å². The highest BCUT2D eigenvalue weighted by Gasteiger charge is 2.12. The minimum atomic E-state index is 0.497. The molecule has 1 aromatic carbocycles. The maximum Gasteiger partial charge on any atom is 0.235 e. The first-order chi connectivity index (χ1) is 9.33. The minimum Gasteiger partial charge on any atom is -0.496 e. The lowest BCUT2D eigenvalue weighted by molar-refractivity contribution is 0.418. The van der Waals surface area contributed by atoms with Gasteiger partial charge in [0.1, 0.15) is 11.3 Å². The number of benzene rings is 1. The number of hydrogen-bond donors (Lipinski definition) is 0. The van der Waals surface area contributed by atoms with Crippen molar-refractivity contribution in [3.05, 3.63) is 60.2 Å². The number of pyridine rings is 1. The Bertz CT molecular complexity index is 769. The second-order valence-electron chi connectivity index (χ2n) is 4.10. The van der Waals surface area contributed by atoms with Crippen LogP contribution in [0.1, 0.15) is 0 Å². The molecule has 4 nitrogen and oxygen atoms in total. The minimum absolute atomic E-state index is 0.497. The van der Waals surface area contributed by atoms with Crippen molar-refractivity contribution < 1.29 is 4.74 Å². The van der Waals surface area contributed by atoms with Gasteiger partial charge in [-0.3, -0.25) is 0 Å². The molecule has 0 aliphatic carbocycles. The summed E-state index contributed by atoms with van der Waals surface area (Å²) < 4.78 is 7.08. The number of rotatable bonds is 2. The van der Waals surface area contributed by atoms with E-state index in [0.29, 0.717) is 17.0 Å². The van der Waals surface area contributed by atoms with Gasteiger partial charge in [-0.15, -0.1) is 0 Å². The normalized spacial score (nSPS) is 10.3. The van der Waals surface area contributed by atoms with Gasteiger partial charge in [-0.2, -0.15) is 5.10 Å². The number of hydrogen-bond acceptors (Lipinski definition) is 2. The molecule has 0 aliphatic heterocycles. The van der Waals surface area contributed by atoms with E-state index in [1.807, 2.05) is 42.6 Å². The summed E-state index contributed by atoms with van der Waals surface area (Å²) in [5.41, 5.74) is 3.29. The molecule has 2 heterocycles. The van der Waals surface area contributed by atoms with Crippen molar-refractivity contribution in [1.29, 1.82) is 0 Å². The maximum absolute atomic E-state index is 7.15. The zero-order valence-corrected chi connectivity index (χ0v) is 10.4. The summed E-state index contributed by atoms with van der Waals surface area (Å²) in [6, 6.07) is 11.9. The van der Waals surface area contributed by atoms with E-state index in [4.69, 9.17) is 11.3 Å². The molecular formula is C15H11N3O. The summed E-state index contributed by atoms with van der Waals surface area (Å²) in [6.45, 7) is 7.15. The Morgan fingerprint density at radius 1 is 1.21 bits per heavy atom. The Balaban J connectivity index is 2.28. The quantitative estimate of drug-likeness (QED) is 0.650. The molecule has 0 bridgehead atoms. The number of methoxy groups -OCH3 is 1. The van der Waals surface area contributed by atoms with E-state index in [1.54, 1.807) is 17.8 Å². The smallest absolute Gasteiger partial charge is 0.235 e. The molecule has 2 aromatic heterocycles. The molecule has 0 radical (unpaired) electrons. The van der Waals surface area contributed by atoms with Crippen LogP contribution in [0.4, 0.5) is 5.69 Å². The van der Waals surface area contributed by atoms with Crippen LogP contribution < -0.4 is 4.74 Å². The molecule has 0 saturated heterocycles. The Hall–Kier alpha value is -2.80. The molecule has 0 spiro atoms. The van der Waals surface area contributed by atoms with Crippen molar-refractivity contribution in [3.8, 4) is 16.9 Å². The van der Waals surface area contributed by atoms with Crippen LogP contribution in [0, 0.1) is 6.57 Å². The lowest BCUT2D eigenvalue weighted by atomic mass is 10.1. The van der Waals surface area contributed by atoms with Crippen molar-refractivity contribution in [2.24, 2.45) is 0 Å². The lowest BCUT2D eigenvalue weighted by Gasteiger charge is -2.08. The van der Waals surface area contributed by atoms with Crippen LogP contribution in [0.25, 0.3) is 21.5 Å². The molecule has 0 saturated carbocycles. The van der Waals surface area contributed by atoms with Gasteiger partial charge >= 0.3 is 0 Å². The van der Waals surface area contributed by atoms with Crippen molar-refractivity contribution in [1.82, 2.24) is 9.61 Å². The first kappa shape index (κ1) is 11.3. The molecule has 0 N–H and O–H groups in total. The number of aromatic nitrogens is 2. The van der Waals surface area contributed by atoms with Gasteiger partial charge in [0.05, 0.1) is 19.9 Å². The molecule has 0 amide bonds. The molecule has 0 unspecified atom stereocenters. The van der Waals surface area contributed by atoms with Crippen LogP contribution in [0.5, 0.6) is 5.75 Å². The third kappa shape index (κ3) is 1.81. The fraction of sp³-hybridized carbons (Fsp3) is 0.0667. The second-order valence-corrected chi connectivity index (χ2v) is 4.10. The van der Waals surface area contributed by atoms with E-state index in [0.717, 1.165) is 11.1 Å². The van der Waals surface area contributed by atoms with Gasteiger partial charge in [0.2, 0.25) is 5.69 Å². The molecular weight excluding hydrogens is 238 g/mol. The zero-order chi connectivity index (χ0) is 13.2. The molecule has 0 aliphatic rings. The van der Waals surface area contributed by atoms with Gasteiger partial charge < -0.3 is 4.74 Å². The van der Waals surface area contributed by atoms with E-state index in [-0.39, 0.29) is 0 Å². The van der Waals surface area contributed by atoms with E-state index < -0.39 is 0 Å². The summed E-state index contributed by atoms with van der Waals surface area (Å²) in [5, 5.41) is 4.21. The average molecular weight is 249 g/mol. The van der Waals surface area contributed by atoms with E-state index in [2.05, 4.69) is 9.94 Å². The third-order valence-electron chi connectivity index (χ3n) is 3.00. The predicted molar refractivity (Wildman–Crippen MR) is 73.4 cm³/mol. The van der Waals surface area contributed by atoms with Crippen LogP contribution in [-0.2, 0) is 0 Å². The topological polar surface area (TPSA) is 30.9 Å². The van der Waals surface area contributed by atoms with E-state index in [9.17, 15) is 0 Å². The second kappa shape index (κ2) is 4.46. The lowest BCUT2D eigenvalue weighted by Crippen LogP contribution is -1.93. The summed E-state index contributed by atoms with van der Waals surface area (Å²) >= 11 is 0. The van der Waals surface area contributed by atoms with Gasteiger partial charge in [0.25, 0.3) is 0 Å². The molecule has 4 heteroatoms. The number of nitrogens with zero attached hydrogens (tertiary/aromatic N) is 3. The number of fused-ring (bicyclic) bond motifs is 1. The van der Waals surface area contributed by atoms with Crippen molar-refractivity contribution in [2.75, 3.05) is 7.11 Å². The summed E-state index contributed by atoms with van der Waals surface area (Å²) in [7, 11) is 1.60. The first-order valence-corrected chi connectivity index (χ1v) is 5.81. The SMILES string of the molecule is [C-]#[N+]c1cnn2cc(-c3ccccc3)cc(OC)c12. The molecule has 0 atom stereocenters. The fourth-order valence-electron chi connectivity index (χ4n) is 2.09. The highest BCUT2D eigenvalue weighted by molar-refractivity contribution is 5.82. The van der Waals surface area contributed by atoms with Crippen LogP contribution in [0.3, 0.4) is 0 Å². The largest absolute Gasteiger partial charge is 0.496 e. The Morgan fingerprint density at radius 3 is 2.68 bits per heavy atom. The Morgan fingerprint density at radius 2 is 2.00 bits per heavy atom. The van der Waals surface area contributed by atoms with Gasteiger partial charge in [-0.05, 0) is 11.6 Å². The summed E-state index contributed by atoms with van der Waals surface area (Å²) in [6.07, 6.45) is 3.46. The van der Waals surface area contributed by atoms with E-state index >= 15 is 0 Å². The van der Waals surface area contributed by atoms with Crippen LogP contribution in [-0.4, -0.2) is 16.7 Å². The van der Waals surface area contributed by atoms with Crippen molar-refractivity contribution in [3.63, 3.8) is 0 Å². The Kier molecular flexibility index (Phi) is 2.66. The molecule has 92 valence electrons. The third-order valence-corrected chi connectivity index (χ3v) is 3.00. The molecule has 0 fully saturated rings. The first-order valence-electron chi connectivity index (χ1n) is 5.81. The molecule has 19 heavy (non-hydrogen) atoms. The Labute approximate surface area is 110 Å². The predicted octanol–water partition coefficient (Wildman–Crippen LogP) is 3.56. The van der Waals surface area contributed by atoms with Crippen LogP contribution in [0.2, 0.25) is 0 Å². The monoisotopic (exact) mass is 249 g/mol. The van der Waals surface area contributed by atoms with Crippen molar-refractivity contribution in [2.45, 2.75) is 0 Å². The maximum atomic E-state index is 7.15. The average Bonchev–Trinajstić information content (AvgIpc) is 2.90. The fourth-order valence-corrected chi connectivity index (χ4v) is 2.09. The van der Waals surface area contributed by atoms with Gasteiger partial charge in [0, 0.05) is 11.8 Å². The van der Waals surface area contributed by atoms with Gasteiger partial charge in [0.15, 0.2) is 0 Å². The molecule has 3 rings (SSSR count). The van der Waals surface area contributed by atoms with Crippen LogP contribution >= 0.6 is 0 Å². The van der Waals surface area contributed by atoms with Crippen LogP contribution in [0.15, 0.2) is 48.8 Å². The highest BCUT2D eigenvalue weighted by Crippen LogP contribution is 2.33. The summed E-state index contributed by atoms with van der Waals surface area (Å²) in [5.74, 6) is 0.657. The number of ether oxygens (including phenoxy) is 1. The highest BCUT2D eigenvalue weighted by atomic mass is 16.5. The zero-order valence-electron chi connectivity index (χ0n) is 10.4. The standard InChI is InChI=1S/C15H11N3O/c1-16-13-9-17-18-10-12(8-14(19-2)15(13)18)11-6-4-3-5-7-11/h3-10H,2H3. The van der Waals surface area contributed by atoms with E-state index in [1.165, 1.54) is 0 Å². The molecule has 3 aromatic rings. The van der Waals surface area contributed by atoms with Gasteiger partial charge in [-0.1, -0.05) is 30.3 Å².